The van der Waals surface area contributed by atoms with Gasteiger partial charge in [-0.25, -0.2) is 0 Å². The topological polar surface area (TPSA) is 95.2 Å². The number of allylic oxidation sites excluding steroid dienone is 14. The van der Waals surface area contributed by atoms with Crippen LogP contribution in [0, 0.1) is 45.3 Å². The van der Waals surface area contributed by atoms with Crippen LogP contribution in [0.4, 0.5) is 0 Å². The van der Waals surface area contributed by atoms with E-state index in [1.165, 1.54) is 47.0 Å². The zero-order valence-electron chi connectivity index (χ0n) is 14.2. The van der Waals surface area contributed by atoms with Gasteiger partial charge in [-0.3, -0.25) is 0 Å². The number of nitrogens with zero attached hydrogens (tertiary/aromatic N) is 4. The van der Waals surface area contributed by atoms with Crippen LogP contribution in [0.3, 0.4) is 0 Å². The van der Waals surface area contributed by atoms with Crippen molar-refractivity contribution in [1.29, 1.82) is 21.0 Å². The smallest absolute Gasteiger partial charge is 0.115 e. The second-order valence-electron chi connectivity index (χ2n) is 4.68. The Morgan fingerprint density at radius 1 is 0.429 bits per heavy atom. The fraction of sp³-hybridized carbons (Fsp3) is 0. The molecule has 0 atom stereocenters. The highest BCUT2D eigenvalue weighted by Crippen LogP contribution is 2.49. The first-order chi connectivity index (χ1) is 13.7. The molecule has 0 aromatic carbocycles. The normalized spacial score (nSPS) is 17.0. The minimum absolute atomic E-state index is 0.449. The van der Waals surface area contributed by atoms with Crippen LogP contribution < -0.4 is 0 Å². The quantitative estimate of drug-likeness (QED) is 0.460. The van der Waals surface area contributed by atoms with Gasteiger partial charge in [0.1, 0.15) is 43.9 Å². The minimum Gasteiger partial charge on any atom is -0.192 e. The lowest BCUT2D eigenvalue weighted by Gasteiger charge is -1.89. The van der Waals surface area contributed by atoms with Crippen LogP contribution in [0.2, 0.25) is 0 Å². The first kappa shape index (κ1) is 21.6. The summed E-state index contributed by atoms with van der Waals surface area (Å²) in [5, 5.41) is 35.7. The van der Waals surface area contributed by atoms with E-state index in [1.54, 1.807) is 0 Å². The summed E-state index contributed by atoms with van der Waals surface area (Å²) in [6, 6.07) is 8.10. The summed E-state index contributed by atoms with van der Waals surface area (Å²) in [6.07, 6.45) is 18.7. The second kappa shape index (κ2) is 11.9. The van der Waals surface area contributed by atoms with Crippen LogP contribution in [0.5, 0.6) is 0 Å². The van der Waals surface area contributed by atoms with Crippen molar-refractivity contribution in [2.24, 2.45) is 0 Å². The van der Waals surface area contributed by atoms with E-state index in [2.05, 4.69) is 0 Å². The molecule has 134 valence electrons. The molecule has 0 bridgehead atoms. The highest BCUT2D eigenvalue weighted by Gasteiger charge is 2.20. The lowest BCUT2D eigenvalue weighted by molar-refractivity contribution is 1.50. The first-order valence-electron chi connectivity index (χ1n) is 7.60. The standard InChI is InChI=1S/C20H10N4S4/c21-11-15-16(12-22)26-19(25-15)9-7-5-3-1-2-4-6-8-10-20-27-17(13-23)18(14-24)28-20/h1-10H/b3-1+,4-2+,7-5+,8-6+. The molecule has 0 saturated carbocycles. The molecule has 0 N–H and O–H groups in total. The van der Waals surface area contributed by atoms with Gasteiger partial charge in [-0.2, -0.15) is 21.0 Å². The molecule has 2 rings (SSSR count). The van der Waals surface area contributed by atoms with E-state index < -0.39 is 0 Å². The molecular weight excluding hydrogens is 425 g/mol. The largest absolute Gasteiger partial charge is 0.192 e. The Kier molecular flexibility index (Phi) is 9.16. The van der Waals surface area contributed by atoms with Gasteiger partial charge in [-0.15, -0.1) is 0 Å². The summed E-state index contributed by atoms with van der Waals surface area (Å²) in [5.74, 6) is 0. The van der Waals surface area contributed by atoms with Gasteiger partial charge < -0.3 is 0 Å². The fourth-order valence-corrected chi connectivity index (χ4v) is 5.67. The summed E-state index contributed by atoms with van der Waals surface area (Å²) < 4.78 is 1.81. The summed E-state index contributed by atoms with van der Waals surface area (Å²) in [7, 11) is 0. The van der Waals surface area contributed by atoms with Gasteiger partial charge in [0.2, 0.25) is 0 Å². The molecule has 2 aliphatic heterocycles. The Hall–Kier alpha value is -2.72. The summed E-state index contributed by atoms with van der Waals surface area (Å²) >= 11 is 5.23. The van der Waals surface area contributed by atoms with E-state index in [0.29, 0.717) is 19.6 Å². The molecule has 0 radical (unpaired) electrons. The Bertz CT molecular complexity index is 913. The average Bonchev–Trinajstić information content (AvgIpc) is 3.32. The molecule has 4 nitrogen and oxygen atoms in total. The van der Waals surface area contributed by atoms with Crippen molar-refractivity contribution in [1.82, 2.24) is 0 Å². The summed E-state index contributed by atoms with van der Waals surface area (Å²) in [6.45, 7) is 0. The third-order valence-corrected chi connectivity index (χ3v) is 7.48. The highest BCUT2D eigenvalue weighted by atomic mass is 32.2. The Balaban J connectivity index is 1.75. The molecule has 8 heteroatoms. The number of thioether (sulfide) groups is 4. The maximum Gasteiger partial charge on any atom is 0.115 e. The molecule has 0 saturated heterocycles. The fourth-order valence-electron chi connectivity index (χ4n) is 1.71. The number of hydrogen-bond acceptors (Lipinski definition) is 8. The molecule has 0 spiro atoms. The van der Waals surface area contributed by atoms with Crippen molar-refractivity contribution in [2.45, 2.75) is 0 Å². The van der Waals surface area contributed by atoms with E-state index >= 15 is 0 Å². The summed E-state index contributed by atoms with van der Waals surface area (Å²) in [4.78, 5) is 1.80. The zero-order chi connectivity index (χ0) is 20.2. The van der Waals surface area contributed by atoms with Gasteiger partial charge in [-0.1, -0.05) is 95.7 Å². The lowest BCUT2D eigenvalue weighted by atomic mass is 10.4. The Morgan fingerprint density at radius 2 is 0.679 bits per heavy atom. The minimum atomic E-state index is 0.449. The second-order valence-corrected chi connectivity index (χ2v) is 9.41. The number of rotatable bonds is 5. The molecule has 28 heavy (non-hydrogen) atoms. The van der Waals surface area contributed by atoms with Crippen molar-refractivity contribution in [3.63, 3.8) is 0 Å². The monoisotopic (exact) mass is 434 g/mol. The zero-order valence-corrected chi connectivity index (χ0v) is 17.5. The molecule has 0 aliphatic carbocycles. The van der Waals surface area contributed by atoms with Crippen molar-refractivity contribution in [3.05, 3.63) is 88.9 Å². The van der Waals surface area contributed by atoms with E-state index in [1.807, 2.05) is 85.0 Å². The maximum absolute atomic E-state index is 8.93. The predicted molar refractivity (Wildman–Crippen MR) is 120 cm³/mol. The molecule has 0 fully saturated rings. The van der Waals surface area contributed by atoms with Crippen LogP contribution in [0.25, 0.3) is 0 Å². The van der Waals surface area contributed by atoms with Gasteiger partial charge in [0, 0.05) is 0 Å². The van der Waals surface area contributed by atoms with Crippen molar-refractivity contribution >= 4 is 47.0 Å². The van der Waals surface area contributed by atoms with Gasteiger partial charge in [0.25, 0.3) is 0 Å². The van der Waals surface area contributed by atoms with Gasteiger partial charge in [0.05, 0.1) is 8.47 Å². The van der Waals surface area contributed by atoms with Crippen molar-refractivity contribution in [2.75, 3.05) is 0 Å². The molecular formula is C20H10N4S4. The van der Waals surface area contributed by atoms with Crippen LogP contribution in [-0.4, -0.2) is 0 Å². The van der Waals surface area contributed by atoms with E-state index in [-0.39, 0.29) is 0 Å². The predicted octanol–water partition coefficient (Wildman–Crippen LogP) is 6.37. The number of hydrogen-bond donors (Lipinski definition) is 0. The van der Waals surface area contributed by atoms with Crippen LogP contribution >= 0.6 is 47.0 Å². The third-order valence-electron chi connectivity index (χ3n) is 2.87. The lowest BCUT2D eigenvalue weighted by Crippen LogP contribution is -1.66. The molecule has 0 aromatic heterocycles. The van der Waals surface area contributed by atoms with Gasteiger partial charge >= 0.3 is 0 Å². The van der Waals surface area contributed by atoms with Crippen LogP contribution in [0.15, 0.2) is 88.9 Å². The molecule has 2 aliphatic rings. The van der Waals surface area contributed by atoms with E-state index in [4.69, 9.17) is 21.0 Å². The van der Waals surface area contributed by atoms with Crippen LogP contribution in [-0.2, 0) is 0 Å². The van der Waals surface area contributed by atoms with Gasteiger partial charge in [0.15, 0.2) is 0 Å². The Morgan fingerprint density at radius 3 is 0.929 bits per heavy atom. The molecule has 0 aromatic rings. The molecule has 0 amide bonds. The van der Waals surface area contributed by atoms with Crippen LogP contribution in [0.1, 0.15) is 0 Å². The molecule has 0 unspecified atom stereocenters. The average molecular weight is 435 g/mol. The SMILES string of the molecule is N#CC1=C(C#N)SC(=C/C=C/C=C/C=C/C=C/C=C2SC(C#N)=C(C#N)S2)S1. The van der Waals surface area contributed by atoms with Crippen molar-refractivity contribution < 1.29 is 0 Å². The summed E-state index contributed by atoms with van der Waals surface area (Å²) in [5.41, 5.74) is 0. The molecule has 2 heterocycles. The maximum atomic E-state index is 8.93. The third kappa shape index (κ3) is 6.46. The number of nitriles is 4. The van der Waals surface area contributed by atoms with Crippen molar-refractivity contribution in [3.8, 4) is 24.3 Å². The van der Waals surface area contributed by atoms with E-state index in [9.17, 15) is 0 Å². The van der Waals surface area contributed by atoms with Gasteiger partial charge in [-0.05, 0) is 12.2 Å². The Labute approximate surface area is 180 Å². The van der Waals surface area contributed by atoms with E-state index in [0.717, 1.165) is 8.47 Å². The highest BCUT2D eigenvalue weighted by molar-refractivity contribution is 8.29. The first-order valence-corrected chi connectivity index (χ1v) is 10.9.